The Morgan fingerprint density at radius 1 is 1.29 bits per heavy atom. The summed E-state index contributed by atoms with van der Waals surface area (Å²) in [5.74, 6) is 0. The molecule has 2 rings (SSSR count). The fraction of sp³-hybridized carbons (Fsp3) is 0.357. The number of fused-ring (bicyclic) bond motifs is 1. The van der Waals surface area contributed by atoms with Crippen molar-refractivity contribution in [2.75, 3.05) is 6.54 Å². The van der Waals surface area contributed by atoms with E-state index in [2.05, 4.69) is 11.1 Å². The molecule has 2 aromatic rings. The van der Waals surface area contributed by atoms with Crippen molar-refractivity contribution in [2.45, 2.75) is 26.2 Å². The quantitative estimate of drug-likeness (QED) is 0.842. The van der Waals surface area contributed by atoms with Gasteiger partial charge in [0.2, 0.25) is 0 Å². The topological polar surface area (TPSA) is 38.9 Å². The molecule has 1 heterocycles. The Morgan fingerprint density at radius 3 is 2.88 bits per heavy atom. The molecule has 2 N–H and O–H groups in total. The Kier molecular flexibility index (Phi) is 3.97. The lowest BCUT2D eigenvalue weighted by Gasteiger charge is -2.07. The normalized spacial score (nSPS) is 11.0. The smallest absolute Gasteiger partial charge is 0.0752 e. The summed E-state index contributed by atoms with van der Waals surface area (Å²) in [4.78, 5) is 4.60. The molecule has 0 radical (unpaired) electrons. The zero-order chi connectivity index (χ0) is 12.3. The third-order valence-electron chi connectivity index (χ3n) is 2.90. The molecule has 0 unspecified atom stereocenters. The maximum absolute atomic E-state index is 6.24. The van der Waals surface area contributed by atoms with Crippen LogP contribution in [0, 0.1) is 6.92 Å². The molecule has 0 amide bonds. The van der Waals surface area contributed by atoms with Crippen LogP contribution < -0.4 is 5.73 Å². The van der Waals surface area contributed by atoms with Crippen LogP contribution in [-0.2, 0) is 6.42 Å². The molecule has 1 aromatic heterocycles. The molecule has 0 atom stereocenters. The molecule has 2 nitrogen and oxygen atoms in total. The second kappa shape index (κ2) is 5.48. The first-order valence-corrected chi connectivity index (χ1v) is 6.35. The summed E-state index contributed by atoms with van der Waals surface area (Å²) >= 11 is 6.24. The van der Waals surface area contributed by atoms with Crippen LogP contribution in [0.25, 0.3) is 10.9 Å². The molecule has 0 aliphatic rings. The number of nitrogens with zero attached hydrogens (tertiary/aromatic N) is 1. The lowest BCUT2D eigenvalue weighted by molar-refractivity contribution is 0.746. The lowest BCUT2D eigenvalue weighted by Crippen LogP contribution is -1.99. The van der Waals surface area contributed by atoms with Gasteiger partial charge in [0, 0.05) is 11.1 Å². The zero-order valence-corrected chi connectivity index (χ0v) is 10.8. The molecule has 0 aliphatic carbocycles. The van der Waals surface area contributed by atoms with E-state index in [1.165, 1.54) is 5.56 Å². The van der Waals surface area contributed by atoms with E-state index in [4.69, 9.17) is 17.3 Å². The molecule has 0 spiro atoms. The molecule has 0 bridgehead atoms. The third-order valence-corrected chi connectivity index (χ3v) is 3.21. The lowest BCUT2D eigenvalue weighted by atomic mass is 10.0. The summed E-state index contributed by atoms with van der Waals surface area (Å²) in [6.45, 7) is 2.72. The maximum atomic E-state index is 6.24. The highest BCUT2D eigenvalue weighted by Gasteiger charge is 2.06. The van der Waals surface area contributed by atoms with Crippen LogP contribution in [0.2, 0.25) is 5.02 Å². The molecular formula is C14H17ClN2. The van der Waals surface area contributed by atoms with Crippen LogP contribution in [0.4, 0.5) is 0 Å². The van der Waals surface area contributed by atoms with Gasteiger partial charge in [0.1, 0.15) is 0 Å². The number of halogens is 1. The first-order valence-electron chi connectivity index (χ1n) is 5.97. The highest BCUT2D eigenvalue weighted by Crippen LogP contribution is 2.26. The number of unbranched alkanes of at least 4 members (excludes halogenated alkanes) is 1. The predicted octanol–water partition coefficient (Wildman–Crippen LogP) is 3.48. The van der Waals surface area contributed by atoms with Gasteiger partial charge in [-0.2, -0.15) is 0 Å². The Bertz CT molecular complexity index is 523. The van der Waals surface area contributed by atoms with E-state index in [1.54, 1.807) is 0 Å². The molecule has 1 aromatic carbocycles. The van der Waals surface area contributed by atoms with E-state index in [0.717, 1.165) is 47.4 Å². The second-order valence-corrected chi connectivity index (χ2v) is 4.71. The van der Waals surface area contributed by atoms with Crippen LogP contribution in [-0.4, -0.2) is 11.5 Å². The van der Waals surface area contributed by atoms with Gasteiger partial charge in [-0.25, -0.2) is 0 Å². The van der Waals surface area contributed by atoms with Crippen molar-refractivity contribution >= 4 is 22.5 Å². The summed E-state index contributed by atoms with van der Waals surface area (Å²) in [6.07, 6.45) is 3.17. The van der Waals surface area contributed by atoms with Gasteiger partial charge in [0.05, 0.1) is 10.5 Å². The largest absolute Gasteiger partial charge is 0.330 e. The number of aromatic nitrogens is 1. The highest BCUT2D eigenvalue weighted by atomic mass is 35.5. The minimum Gasteiger partial charge on any atom is -0.330 e. The van der Waals surface area contributed by atoms with Crippen molar-refractivity contribution in [3.63, 3.8) is 0 Å². The molecule has 0 saturated heterocycles. The number of aryl methyl sites for hydroxylation is 2. The van der Waals surface area contributed by atoms with Crippen molar-refractivity contribution in [1.82, 2.24) is 4.98 Å². The van der Waals surface area contributed by atoms with Gasteiger partial charge in [0.25, 0.3) is 0 Å². The second-order valence-electron chi connectivity index (χ2n) is 4.30. The Hall–Kier alpha value is -1.12. The number of nitrogens with two attached hydrogens (primary N) is 1. The summed E-state index contributed by atoms with van der Waals surface area (Å²) < 4.78 is 0. The van der Waals surface area contributed by atoms with Crippen LogP contribution >= 0.6 is 11.6 Å². The molecular weight excluding hydrogens is 232 g/mol. The first kappa shape index (κ1) is 12.3. The number of para-hydroxylation sites is 1. The summed E-state index contributed by atoms with van der Waals surface area (Å²) in [7, 11) is 0. The summed E-state index contributed by atoms with van der Waals surface area (Å²) in [5.41, 5.74) is 8.79. The molecule has 17 heavy (non-hydrogen) atoms. The fourth-order valence-corrected chi connectivity index (χ4v) is 2.36. The van der Waals surface area contributed by atoms with Gasteiger partial charge in [-0.3, -0.25) is 4.98 Å². The minimum absolute atomic E-state index is 0.748. The molecule has 0 aliphatic heterocycles. The predicted molar refractivity (Wildman–Crippen MR) is 73.5 cm³/mol. The summed E-state index contributed by atoms with van der Waals surface area (Å²) in [5, 5.41) is 1.83. The first-order chi connectivity index (χ1) is 8.22. The number of benzene rings is 1. The van der Waals surface area contributed by atoms with E-state index in [-0.39, 0.29) is 0 Å². The van der Waals surface area contributed by atoms with E-state index >= 15 is 0 Å². The molecule has 0 saturated carbocycles. The van der Waals surface area contributed by atoms with Crippen molar-refractivity contribution in [2.24, 2.45) is 5.73 Å². The van der Waals surface area contributed by atoms with Crippen LogP contribution in [0.15, 0.2) is 24.3 Å². The highest BCUT2D eigenvalue weighted by molar-refractivity contribution is 6.35. The van der Waals surface area contributed by atoms with Gasteiger partial charge in [-0.05, 0) is 44.4 Å². The monoisotopic (exact) mass is 248 g/mol. The van der Waals surface area contributed by atoms with E-state index in [0.29, 0.717) is 0 Å². The Labute approximate surface area is 107 Å². The Morgan fingerprint density at radius 2 is 2.12 bits per heavy atom. The van der Waals surface area contributed by atoms with Crippen molar-refractivity contribution in [3.8, 4) is 0 Å². The van der Waals surface area contributed by atoms with Crippen molar-refractivity contribution < 1.29 is 0 Å². The van der Waals surface area contributed by atoms with Gasteiger partial charge in [-0.1, -0.05) is 29.8 Å². The number of hydrogen-bond donors (Lipinski definition) is 1. The standard InChI is InChI=1S/C14H17ClN2/c1-10-9-13(15)12-7-4-6-11(14(12)17-10)5-2-3-8-16/h4,6-7,9H,2-3,5,8,16H2,1H3. The summed E-state index contributed by atoms with van der Waals surface area (Å²) in [6, 6.07) is 8.11. The van der Waals surface area contributed by atoms with E-state index < -0.39 is 0 Å². The fourth-order valence-electron chi connectivity index (χ4n) is 2.05. The zero-order valence-electron chi connectivity index (χ0n) is 10.0. The van der Waals surface area contributed by atoms with Crippen LogP contribution in [0.3, 0.4) is 0 Å². The third kappa shape index (κ3) is 2.76. The maximum Gasteiger partial charge on any atom is 0.0752 e. The number of pyridine rings is 1. The van der Waals surface area contributed by atoms with Crippen LogP contribution in [0.1, 0.15) is 24.1 Å². The average molecular weight is 249 g/mol. The van der Waals surface area contributed by atoms with Gasteiger partial charge < -0.3 is 5.73 Å². The number of hydrogen-bond acceptors (Lipinski definition) is 2. The van der Waals surface area contributed by atoms with Gasteiger partial charge >= 0.3 is 0 Å². The van der Waals surface area contributed by atoms with Crippen molar-refractivity contribution in [3.05, 3.63) is 40.5 Å². The molecule has 90 valence electrons. The Balaban J connectivity index is 2.42. The van der Waals surface area contributed by atoms with Gasteiger partial charge in [-0.15, -0.1) is 0 Å². The van der Waals surface area contributed by atoms with Crippen molar-refractivity contribution in [1.29, 1.82) is 0 Å². The molecule has 0 fully saturated rings. The minimum atomic E-state index is 0.748. The SMILES string of the molecule is Cc1cc(Cl)c2cccc(CCCCN)c2n1. The van der Waals surface area contributed by atoms with E-state index in [1.807, 2.05) is 25.1 Å². The van der Waals surface area contributed by atoms with Gasteiger partial charge in [0.15, 0.2) is 0 Å². The van der Waals surface area contributed by atoms with E-state index in [9.17, 15) is 0 Å². The molecule has 3 heteroatoms. The van der Waals surface area contributed by atoms with Crippen LogP contribution in [0.5, 0.6) is 0 Å². The number of rotatable bonds is 4. The average Bonchev–Trinajstić information content (AvgIpc) is 2.30.